The highest BCUT2D eigenvalue weighted by atomic mass is 16.5. The molecule has 0 atom stereocenters. The lowest BCUT2D eigenvalue weighted by molar-refractivity contribution is 0.339. The van der Waals surface area contributed by atoms with Crippen LogP contribution in [0.3, 0.4) is 0 Å². The molecular formula is C16H14NO. The molecule has 1 heterocycles. The topological polar surface area (TPSA) is 14.2 Å². The first kappa shape index (κ1) is 10.9. The van der Waals surface area contributed by atoms with Gasteiger partial charge in [0.15, 0.2) is 0 Å². The second-order valence-electron chi connectivity index (χ2n) is 4.07. The summed E-state index contributed by atoms with van der Waals surface area (Å²) in [5.41, 5.74) is 2.17. The number of ether oxygens (including phenoxy) is 1. The van der Waals surface area contributed by atoms with Gasteiger partial charge in [0.2, 0.25) is 0 Å². The van der Waals surface area contributed by atoms with Crippen LogP contribution in [0, 0.1) is 6.20 Å². The van der Waals surface area contributed by atoms with Gasteiger partial charge >= 0.3 is 0 Å². The monoisotopic (exact) mass is 236 g/mol. The lowest BCUT2D eigenvalue weighted by Gasteiger charge is -2.11. The van der Waals surface area contributed by atoms with Crippen LogP contribution in [0.4, 0.5) is 0 Å². The molecule has 0 aliphatic rings. The van der Waals surface area contributed by atoms with Gasteiger partial charge < -0.3 is 9.30 Å². The summed E-state index contributed by atoms with van der Waals surface area (Å²) < 4.78 is 7.71. The van der Waals surface area contributed by atoms with Gasteiger partial charge in [-0.25, -0.2) is 0 Å². The molecule has 1 aromatic heterocycles. The normalized spacial score (nSPS) is 10.7. The fraction of sp³-hybridized carbons (Fsp3) is 0.125. The lowest BCUT2D eigenvalue weighted by Crippen LogP contribution is -1.99. The quantitative estimate of drug-likeness (QED) is 0.674. The van der Waals surface area contributed by atoms with Gasteiger partial charge in [-0.15, -0.1) is 0 Å². The van der Waals surface area contributed by atoms with Crippen molar-refractivity contribution in [3.05, 3.63) is 60.8 Å². The zero-order chi connectivity index (χ0) is 12.4. The average Bonchev–Trinajstić information content (AvgIpc) is 2.84. The Bertz CT molecular complexity index is 669. The first-order valence-corrected chi connectivity index (χ1v) is 6.10. The predicted molar refractivity (Wildman–Crippen MR) is 73.3 cm³/mol. The molecule has 3 aromatic rings. The fourth-order valence-electron chi connectivity index (χ4n) is 2.14. The highest BCUT2D eigenvalue weighted by Crippen LogP contribution is 2.26. The van der Waals surface area contributed by atoms with E-state index in [0.717, 1.165) is 17.0 Å². The van der Waals surface area contributed by atoms with Gasteiger partial charge in [0.25, 0.3) is 0 Å². The molecule has 0 saturated carbocycles. The SMILES string of the molecule is CCOc1ccccc1-n1[c]cc2ccccc21. The van der Waals surface area contributed by atoms with Crippen LogP contribution in [0.1, 0.15) is 6.92 Å². The maximum Gasteiger partial charge on any atom is 0.143 e. The smallest absolute Gasteiger partial charge is 0.143 e. The number of para-hydroxylation sites is 3. The first-order chi connectivity index (χ1) is 8.90. The van der Waals surface area contributed by atoms with E-state index in [2.05, 4.69) is 18.3 Å². The summed E-state index contributed by atoms with van der Waals surface area (Å²) in [7, 11) is 0. The molecule has 0 amide bonds. The third-order valence-electron chi connectivity index (χ3n) is 2.93. The minimum absolute atomic E-state index is 0.663. The molecule has 18 heavy (non-hydrogen) atoms. The fourth-order valence-corrected chi connectivity index (χ4v) is 2.14. The predicted octanol–water partition coefficient (Wildman–Crippen LogP) is 3.83. The van der Waals surface area contributed by atoms with Crippen molar-refractivity contribution < 1.29 is 4.74 Å². The third kappa shape index (κ3) is 1.76. The molecule has 0 aliphatic heterocycles. The van der Waals surface area contributed by atoms with Crippen molar-refractivity contribution >= 4 is 10.9 Å². The van der Waals surface area contributed by atoms with Crippen molar-refractivity contribution in [2.24, 2.45) is 0 Å². The maximum atomic E-state index is 5.67. The summed E-state index contributed by atoms with van der Waals surface area (Å²) in [5, 5.41) is 1.18. The molecule has 1 radical (unpaired) electrons. The van der Waals surface area contributed by atoms with E-state index in [-0.39, 0.29) is 0 Å². The zero-order valence-electron chi connectivity index (χ0n) is 10.3. The maximum absolute atomic E-state index is 5.67. The van der Waals surface area contributed by atoms with E-state index in [4.69, 9.17) is 4.74 Å². The lowest BCUT2D eigenvalue weighted by atomic mass is 10.2. The molecular weight excluding hydrogens is 222 g/mol. The highest BCUT2D eigenvalue weighted by molar-refractivity contribution is 5.82. The van der Waals surface area contributed by atoms with Gasteiger partial charge in [0.1, 0.15) is 5.75 Å². The van der Waals surface area contributed by atoms with Gasteiger partial charge in [-0.2, -0.15) is 0 Å². The third-order valence-corrected chi connectivity index (χ3v) is 2.93. The van der Waals surface area contributed by atoms with Gasteiger partial charge in [-0.3, -0.25) is 0 Å². The number of aromatic nitrogens is 1. The molecule has 0 aliphatic carbocycles. The summed E-state index contributed by atoms with van der Waals surface area (Å²) in [6.07, 6.45) is 3.27. The van der Waals surface area contributed by atoms with Crippen molar-refractivity contribution in [3.8, 4) is 11.4 Å². The van der Waals surface area contributed by atoms with Crippen LogP contribution >= 0.6 is 0 Å². The van der Waals surface area contributed by atoms with Crippen LogP contribution in [0.15, 0.2) is 54.6 Å². The molecule has 2 aromatic carbocycles. The number of fused-ring (bicyclic) bond motifs is 1. The van der Waals surface area contributed by atoms with E-state index in [1.54, 1.807) is 0 Å². The van der Waals surface area contributed by atoms with E-state index in [9.17, 15) is 0 Å². The number of benzene rings is 2. The number of rotatable bonds is 3. The highest BCUT2D eigenvalue weighted by Gasteiger charge is 2.07. The Kier molecular flexibility index (Phi) is 2.77. The van der Waals surface area contributed by atoms with Gasteiger partial charge in [-0.1, -0.05) is 30.3 Å². The number of nitrogens with zero attached hydrogens (tertiary/aromatic N) is 1. The summed E-state index contributed by atoms with van der Waals surface area (Å²) >= 11 is 0. The van der Waals surface area contributed by atoms with Crippen molar-refractivity contribution in [2.75, 3.05) is 6.61 Å². The van der Waals surface area contributed by atoms with Crippen LogP contribution < -0.4 is 4.74 Å². The van der Waals surface area contributed by atoms with Crippen LogP contribution in [-0.2, 0) is 0 Å². The van der Waals surface area contributed by atoms with E-state index < -0.39 is 0 Å². The van der Waals surface area contributed by atoms with Crippen LogP contribution in [0.5, 0.6) is 5.75 Å². The Morgan fingerprint density at radius 3 is 2.72 bits per heavy atom. The van der Waals surface area contributed by atoms with E-state index >= 15 is 0 Å². The molecule has 0 bridgehead atoms. The Hall–Kier alpha value is -2.22. The van der Waals surface area contributed by atoms with E-state index in [1.807, 2.05) is 54.0 Å². The number of hydrogen-bond donors (Lipinski definition) is 0. The summed E-state index contributed by atoms with van der Waals surface area (Å²) in [5.74, 6) is 0.887. The van der Waals surface area contributed by atoms with Crippen LogP contribution in [0.2, 0.25) is 0 Å². The molecule has 0 unspecified atom stereocenters. The molecule has 0 N–H and O–H groups in total. The minimum atomic E-state index is 0.663. The van der Waals surface area contributed by atoms with Crippen molar-refractivity contribution in [1.82, 2.24) is 4.57 Å². The molecule has 0 fully saturated rings. The van der Waals surface area contributed by atoms with Crippen molar-refractivity contribution in [3.63, 3.8) is 0 Å². The summed E-state index contributed by atoms with van der Waals surface area (Å²) in [6.45, 7) is 2.66. The molecule has 89 valence electrons. The molecule has 0 saturated heterocycles. The van der Waals surface area contributed by atoms with Gasteiger partial charge in [0.05, 0.1) is 24.0 Å². The van der Waals surface area contributed by atoms with Crippen LogP contribution in [0.25, 0.3) is 16.6 Å². The summed E-state index contributed by atoms with van der Waals surface area (Å²) in [6, 6.07) is 18.3. The Morgan fingerprint density at radius 2 is 1.83 bits per heavy atom. The van der Waals surface area contributed by atoms with E-state index in [1.165, 1.54) is 5.39 Å². The summed E-state index contributed by atoms with van der Waals surface area (Å²) in [4.78, 5) is 0. The first-order valence-electron chi connectivity index (χ1n) is 6.10. The van der Waals surface area contributed by atoms with Gasteiger partial charge in [0, 0.05) is 5.39 Å². The molecule has 2 heteroatoms. The van der Waals surface area contributed by atoms with Gasteiger partial charge in [-0.05, 0) is 31.2 Å². The van der Waals surface area contributed by atoms with E-state index in [0.29, 0.717) is 6.61 Å². The minimum Gasteiger partial charge on any atom is -0.492 e. The Labute approximate surface area is 106 Å². The second kappa shape index (κ2) is 4.57. The Morgan fingerprint density at radius 1 is 1.06 bits per heavy atom. The van der Waals surface area contributed by atoms with Crippen molar-refractivity contribution in [1.29, 1.82) is 0 Å². The zero-order valence-corrected chi connectivity index (χ0v) is 10.3. The molecule has 2 nitrogen and oxygen atoms in total. The standard InChI is InChI=1S/C16H14NO/c1-2-18-16-10-6-5-9-15(16)17-12-11-13-7-3-4-8-14(13)17/h3-11H,2H2,1H3. The second-order valence-corrected chi connectivity index (χ2v) is 4.07. The molecule has 0 spiro atoms. The largest absolute Gasteiger partial charge is 0.492 e. The average molecular weight is 236 g/mol. The number of hydrogen-bond acceptors (Lipinski definition) is 1. The van der Waals surface area contributed by atoms with Crippen LogP contribution in [-0.4, -0.2) is 11.2 Å². The van der Waals surface area contributed by atoms with Crippen molar-refractivity contribution in [2.45, 2.75) is 6.92 Å². The Balaban J connectivity index is 2.20. The molecule has 3 rings (SSSR count).